The predicted octanol–water partition coefficient (Wildman–Crippen LogP) is 1.75. The maximum Gasteiger partial charge on any atom is 0.273 e. The second-order valence-corrected chi connectivity index (χ2v) is 5.68. The van der Waals surface area contributed by atoms with Crippen molar-refractivity contribution in [3.05, 3.63) is 53.6 Å². The molecule has 1 aromatic carbocycles. The fourth-order valence-corrected chi connectivity index (χ4v) is 2.91. The maximum absolute atomic E-state index is 13.2. The Kier molecular flexibility index (Phi) is 4.59. The molecule has 0 radical (unpaired) electrons. The number of halogens is 1. The first-order valence-corrected chi connectivity index (χ1v) is 7.97. The van der Waals surface area contributed by atoms with Crippen molar-refractivity contribution in [2.24, 2.45) is 0 Å². The molecule has 0 bridgehead atoms. The van der Waals surface area contributed by atoms with Crippen LogP contribution in [0.2, 0.25) is 0 Å². The van der Waals surface area contributed by atoms with Crippen LogP contribution in [0.5, 0.6) is 0 Å². The first-order chi connectivity index (χ1) is 11.6. The summed E-state index contributed by atoms with van der Waals surface area (Å²) in [4.78, 5) is 26.8. The van der Waals surface area contributed by atoms with Crippen molar-refractivity contribution in [3.63, 3.8) is 0 Å². The van der Waals surface area contributed by atoms with Crippen LogP contribution in [0, 0.1) is 5.82 Å². The van der Waals surface area contributed by atoms with Gasteiger partial charge in [0.1, 0.15) is 17.6 Å². The average Bonchev–Trinajstić information content (AvgIpc) is 3.04. The molecule has 3 rings (SSSR count). The van der Waals surface area contributed by atoms with Gasteiger partial charge in [0, 0.05) is 25.8 Å². The highest BCUT2D eigenvalue weighted by molar-refractivity contribution is 5.97. The van der Waals surface area contributed by atoms with Crippen LogP contribution in [0.25, 0.3) is 0 Å². The minimum atomic E-state index is -0.767. The van der Waals surface area contributed by atoms with Crippen LogP contribution in [0.1, 0.15) is 35.4 Å². The van der Waals surface area contributed by atoms with Crippen LogP contribution in [-0.4, -0.2) is 39.6 Å². The number of benzene rings is 1. The highest BCUT2D eigenvalue weighted by Gasteiger charge is 2.35. The van der Waals surface area contributed by atoms with Gasteiger partial charge >= 0.3 is 0 Å². The molecule has 24 heavy (non-hydrogen) atoms. The molecule has 1 aromatic heterocycles. The Bertz CT molecular complexity index is 741. The standard InChI is InChI=1S/C17H19FN4O2/c1-2-10-22-14(7-8-20-22)17(24)21-11-9-19-16(23)15(21)12-3-5-13(18)6-4-12/h3-8,15H,2,9-11H2,1H3,(H,19,23). The summed E-state index contributed by atoms with van der Waals surface area (Å²) in [6.07, 6.45) is 2.43. The summed E-state index contributed by atoms with van der Waals surface area (Å²) in [7, 11) is 0. The molecule has 7 heteroatoms. The Labute approximate surface area is 139 Å². The first-order valence-electron chi connectivity index (χ1n) is 7.97. The average molecular weight is 330 g/mol. The lowest BCUT2D eigenvalue weighted by atomic mass is 10.0. The monoisotopic (exact) mass is 330 g/mol. The summed E-state index contributed by atoms with van der Waals surface area (Å²) >= 11 is 0. The van der Waals surface area contributed by atoms with Gasteiger partial charge in [-0.05, 0) is 30.2 Å². The van der Waals surface area contributed by atoms with Crippen LogP contribution in [0.15, 0.2) is 36.5 Å². The van der Waals surface area contributed by atoms with Gasteiger partial charge < -0.3 is 10.2 Å². The van der Waals surface area contributed by atoms with Crippen molar-refractivity contribution < 1.29 is 14.0 Å². The normalized spacial score (nSPS) is 17.7. The third-order valence-corrected chi connectivity index (χ3v) is 4.03. The smallest absolute Gasteiger partial charge is 0.273 e. The highest BCUT2D eigenvalue weighted by Crippen LogP contribution is 2.25. The summed E-state index contributed by atoms with van der Waals surface area (Å²) in [5.74, 6) is -0.887. The van der Waals surface area contributed by atoms with Crippen LogP contribution in [-0.2, 0) is 11.3 Å². The van der Waals surface area contributed by atoms with Crippen molar-refractivity contribution in [1.29, 1.82) is 0 Å². The molecule has 6 nitrogen and oxygen atoms in total. The fourth-order valence-electron chi connectivity index (χ4n) is 2.91. The molecule has 1 saturated heterocycles. The molecule has 1 aliphatic rings. The van der Waals surface area contributed by atoms with Gasteiger partial charge in [0.15, 0.2) is 0 Å². The fraction of sp³-hybridized carbons (Fsp3) is 0.353. The first kappa shape index (κ1) is 16.2. The number of aromatic nitrogens is 2. The van der Waals surface area contributed by atoms with Crippen molar-refractivity contribution in [1.82, 2.24) is 20.0 Å². The highest BCUT2D eigenvalue weighted by atomic mass is 19.1. The van der Waals surface area contributed by atoms with Gasteiger partial charge in [-0.1, -0.05) is 19.1 Å². The number of rotatable bonds is 4. The van der Waals surface area contributed by atoms with Gasteiger partial charge in [-0.3, -0.25) is 14.3 Å². The summed E-state index contributed by atoms with van der Waals surface area (Å²) in [5.41, 5.74) is 1.04. The van der Waals surface area contributed by atoms with Crippen LogP contribution < -0.4 is 5.32 Å². The molecule has 1 aliphatic heterocycles. The Morgan fingerprint density at radius 1 is 1.33 bits per heavy atom. The lowest BCUT2D eigenvalue weighted by Gasteiger charge is -2.35. The van der Waals surface area contributed by atoms with Crippen molar-refractivity contribution in [2.45, 2.75) is 25.9 Å². The van der Waals surface area contributed by atoms with Crippen LogP contribution in [0.3, 0.4) is 0 Å². The molecule has 2 heterocycles. The van der Waals surface area contributed by atoms with Gasteiger partial charge in [-0.2, -0.15) is 5.10 Å². The Morgan fingerprint density at radius 3 is 2.79 bits per heavy atom. The number of carbonyl (C=O) groups excluding carboxylic acids is 2. The zero-order chi connectivity index (χ0) is 17.1. The van der Waals surface area contributed by atoms with Crippen molar-refractivity contribution in [3.8, 4) is 0 Å². The molecule has 1 unspecified atom stereocenters. The van der Waals surface area contributed by atoms with Crippen LogP contribution >= 0.6 is 0 Å². The minimum Gasteiger partial charge on any atom is -0.352 e. The van der Waals surface area contributed by atoms with Crippen molar-refractivity contribution in [2.75, 3.05) is 13.1 Å². The Morgan fingerprint density at radius 2 is 2.08 bits per heavy atom. The van der Waals surface area contributed by atoms with E-state index in [4.69, 9.17) is 0 Å². The summed E-state index contributed by atoms with van der Waals surface area (Å²) in [6.45, 7) is 3.43. The Hall–Kier alpha value is -2.70. The quantitative estimate of drug-likeness (QED) is 0.929. The van der Waals surface area contributed by atoms with E-state index in [2.05, 4.69) is 10.4 Å². The van der Waals surface area contributed by atoms with Gasteiger partial charge in [0.25, 0.3) is 5.91 Å². The lowest BCUT2D eigenvalue weighted by molar-refractivity contribution is -0.128. The molecule has 0 aliphatic carbocycles. The summed E-state index contributed by atoms with van der Waals surface area (Å²) in [5, 5.41) is 6.94. The lowest BCUT2D eigenvalue weighted by Crippen LogP contribution is -2.52. The van der Waals surface area contributed by atoms with E-state index in [1.54, 1.807) is 16.9 Å². The van der Waals surface area contributed by atoms with E-state index >= 15 is 0 Å². The number of hydrogen-bond donors (Lipinski definition) is 1. The third kappa shape index (κ3) is 3.02. The summed E-state index contributed by atoms with van der Waals surface area (Å²) in [6, 6.07) is 6.55. The van der Waals surface area contributed by atoms with Gasteiger partial charge in [0.05, 0.1) is 0 Å². The molecule has 0 spiro atoms. The van der Waals surface area contributed by atoms with Gasteiger partial charge in [0.2, 0.25) is 5.91 Å². The van der Waals surface area contributed by atoms with E-state index in [0.29, 0.717) is 30.9 Å². The zero-order valence-corrected chi connectivity index (χ0v) is 13.4. The molecule has 1 N–H and O–H groups in total. The van der Waals surface area contributed by atoms with E-state index < -0.39 is 6.04 Å². The molecule has 2 aromatic rings. The van der Waals surface area contributed by atoms with Gasteiger partial charge in [-0.25, -0.2) is 4.39 Å². The van der Waals surface area contributed by atoms with E-state index in [9.17, 15) is 14.0 Å². The number of hydrogen-bond acceptors (Lipinski definition) is 3. The number of carbonyl (C=O) groups is 2. The molecular formula is C17H19FN4O2. The second-order valence-electron chi connectivity index (χ2n) is 5.68. The zero-order valence-electron chi connectivity index (χ0n) is 13.4. The maximum atomic E-state index is 13.2. The molecule has 2 amide bonds. The van der Waals surface area contributed by atoms with E-state index in [1.165, 1.54) is 29.2 Å². The van der Waals surface area contributed by atoms with E-state index in [0.717, 1.165) is 6.42 Å². The predicted molar refractivity (Wildman–Crippen MR) is 85.7 cm³/mol. The number of aryl methyl sites for hydroxylation is 1. The largest absolute Gasteiger partial charge is 0.352 e. The number of piperazine rings is 1. The SMILES string of the molecule is CCCn1nccc1C(=O)N1CCNC(=O)C1c1ccc(F)cc1. The second kappa shape index (κ2) is 6.82. The van der Waals surface area contributed by atoms with Gasteiger partial charge in [-0.15, -0.1) is 0 Å². The van der Waals surface area contributed by atoms with E-state index in [-0.39, 0.29) is 17.6 Å². The molecule has 126 valence electrons. The molecule has 1 fully saturated rings. The van der Waals surface area contributed by atoms with E-state index in [1.807, 2.05) is 6.92 Å². The minimum absolute atomic E-state index is 0.245. The molecule has 1 atom stereocenters. The summed E-state index contributed by atoms with van der Waals surface area (Å²) < 4.78 is 14.8. The number of amides is 2. The molecule has 0 saturated carbocycles. The topological polar surface area (TPSA) is 67.2 Å². The van der Waals surface area contributed by atoms with Crippen molar-refractivity contribution >= 4 is 11.8 Å². The third-order valence-electron chi connectivity index (χ3n) is 4.03. The number of nitrogens with one attached hydrogen (secondary N) is 1. The Balaban J connectivity index is 1.94. The number of nitrogens with zero attached hydrogens (tertiary/aromatic N) is 3. The van der Waals surface area contributed by atoms with Crippen LogP contribution in [0.4, 0.5) is 4.39 Å². The molecular weight excluding hydrogens is 311 g/mol.